The number of hydrogen-bond acceptors (Lipinski definition) is 3. The normalized spacial score (nSPS) is 10.7. The molecule has 0 fully saturated rings. The fourth-order valence-electron chi connectivity index (χ4n) is 2.79. The van der Waals surface area contributed by atoms with Gasteiger partial charge in [-0.15, -0.1) is 24.0 Å². The molecule has 0 spiro atoms. The fourth-order valence-corrected chi connectivity index (χ4v) is 3.02. The van der Waals surface area contributed by atoms with Gasteiger partial charge in [-0.1, -0.05) is 23.7 Å². The Kier molecular flexibility index (Phi) is 12.2. The Morgan fingerprint density at radius 3 is 2.60 bits per heavy atom. The summed E-state index contributed by atoms with van der Waals surface area (Å²) in [4.78, 5) is 16.0. The minimum absolute atomic E-state index is 0. The average Bonchev–Trinajstić information content (AvgIpc) is 2.73. The van der Waals surface area contributed by atoms with Crippen molar-refractivity contribution in [1.82, 2.24) is 16.0 Å². The average molecular weight is 545 g/mol. The number of aliphatic imine (C=N–C) groups is 1. The zero-order valence-corrected chi connectivity index (χ0v) is 20.7. The van der Waals surface area contributed by atoms with Gasteiger partial charge in [0.1, 0.15) is 5.75 Å². The van der Waals surface area contributed by atoms with E-state index in [2.05, 4.69) is 20.9 Å². The molecule has 0 atom stereocenters. The highest BCUT2D eigenvalue weighted by molar-refractivity contribution is 14.0. The molecule has 0 aliphatic heterocycles. The zero-order chi connectivity index (χ0) is 21.1. The van der Waals surface area contributed by atoms with Gasteiger partial charge in [0.05, 0.1) is 6.61 Å². The standard InChI is InChI=1S/C22H29ClN4O2.HI/c1-16-14-19(23)8-9-20(16)29-13-5-11-26-22(25-3)27-12-10-17-6-4-7-18(15-17)21(28)24-2;/h4,6-9,14-15H,5,10-13H2,1-3H3,(H,24,28)(H2,25,26,27);1H. The molecule has 0 aromatic heterocycles. The molecule has 164 valence electrons. The van der Waals surface area contributed by atoms with Gasteiger partial charge in [0.15, 0.2) is 5.96 Å². The number of hydrogen-bond donors (Lipinski definition) is 3. The van der Waals surface area contributed by atoms with Crippen molar-refractivity contribution in [3.63, 3.8) is 0 Å². The maximum Gasteiger partial charge on any atom is 0.251 e. The lowest BCUT2D eigenvalue weighted by atomic mass is 10.1. The van der Waals surface area contributed by atoms with Crippen LogP contribution in [-0.4, -0.2) is 45.7 Å². The van der Waals surface area contributed by atoms with E-state index < -0.39 is 0 Å². The van der Waals surface area contributed by atoms with Gasteiger partial charge in [0, 0.05) is 37.8 Å². The van der Waals surface area contributed by atoms with Gasteiger partial charge < -0.3 is 20.7 Å². The van der Waals surface area contributed by atoms with Crippen molar-refractivity contribution >= 4 is 47.4 Å². The Morgan fingerprint density at radius 2 is 1.90 bits per heavy atom. The van der Waals surface area contributed by atoms with Crippen molar-refractivity contribution in [1.29, 1.82) is 0 Å². The Morgan fingerprint density at radius 1 is 1.13 bits per heavy atom. The van der Waals surface area contributed by atoms with Crippen molar-refractivity contribution < 1.29 is 9.53 Å². The molecule has 0 radical (unpaired) electrons. The zero-order valence-electron chi connectivity index (χ0n) is 17.6. The molecule has 0 heterocycles. The molecule has 0 bridgehead atoms. The highest BCUT2D eigenvalue weighted by Gasteiger charge is 2.04. The fraction of sp³-hybridized carbons (Fsp3) is 0.364. The summed E-state index contributed by atoms with van der Waals surface area (Å²) in [6.07, 6.45) is 1.64. The van der Waals surface area contributed by atoms with Crippen LogP contribution in [0.1, 0.15) is 27.9 Å². The van der Waals surface area contributed by atoms with Crippen LogP contribution in [0.3, 0.4) is 0 Å². The number of amides is 1. The van der Waals surface area contributed by atoms with E-state index in [1.165, 1.54) is 0 Å². The topological polar surface area (TPSA) is 74.8 Å². The molecule has 6 nitrogen and oxygen atoms in total. The second-order valence-corrected chi connectivity index (χ2v) is 7.00. The summed E-state index contributed by atoms with van der Waals surface area (Å²) in [5, 5.41) is 9.92. The van der Waals surface area contributed by atoms with Crippen molar-refractivity contribution in [3.8, 4) is 5.75 Å². The first-order chi connectivity index (χ1) is 14.0. The van der Waals surface area contributed by atoms with Crippen molar-refractivity contribution in [2.24, 2.45) is 4.99 Å². The highest BCUT2D eigenvalue weighted by Crippen LogP contribution is 2.21. The van der Waals surface area contributed by atoms with Crippen LogP contribution in [0, 0.1) is 6.92 Å². The van der Waals surface area contributed by atoms with E-state index in [0.717, 1.165) is 48.8 Å². The van der Waals surface area contributed by atoms with Gasteiger partial charge in [-0.25, -0.2) is 0 Å². The first-order valence-corrected chi connectivity index (χ1v) is 10.1. The lowest BCUT2D eigenvalue weighted by Crippen LogP contribution is -2.39. The van der Waals surface area contributed by atoms with Crippen LogP contribution in [-0.2, 0) is 6.42 Å². The van der Waals surface area contributed by atoms with E-state index in [1.54, 1.807) is 14.1 Å². The van der Waals surface area contributed by atoms with Gasteiger partial charge in [-0.05, 0) is 61.2 Å². The number of aryl methyl sites for hydroxylation is 1. The lowest BCUT2D eigenvalue weighted by Gasteiger charge is -2.13. The minimum Gasteiger partial charge on any atom is -0.493 e. The number of carbonyl (C=O) groups excluding carboxylic acids is 1. The smallest absolute Gasteiger partial charge is 0.251 e. The molecule has 30 heavy (non-hydrogen) atoms. The SMILES string of the molecule is CN=C(NCCCOc1ccc(Cl)cc1C)NCCc1cccc(C(=O)NC)c1.I. The van der Waals surface area contributed by atoms with Crippen LogP contribution in [0.25, 0.3) is 0 Å². The highest BCUT2D eigenvalue weighted by atomic mass is 127. The molecule has 1 amide bonds. The molecule has 0 aliphatic carbocycles. The van der Waals surface area contributed by atoms with E-state index in [-0.39, 0.29) is 29.9 Å². The van der Waals surface area contributed by atoms with Gasteiger partial charge in [0.2, 0.25) is 0 Å². The number of carbonyl (C=O) groups is 1. The number of nitrogens with one attached hydrogen (secondary N) is 3. The summed E-state index contributed by atoms with van der Waals surface area (Å²) in [6, 6.07) is 13.3. The first-order valence-electron chi connectivity index (χ1n) is 9.68. The number of rotatable bonds is 9. The van der Waals surface area contributed by atoms with Crippen LogP contribution in [0.2, 0.25) is 5.02 Å². The van der Waals surface area contributed by atoms with Crippen molar-refractivity contribution in [3.05, 3.63) is 64.2 Å². The second-order valence-electron chi connectivity index (χ2n) is 6.57. The maximum atomic E-state index is 11.7. The maximum absolute atomic E-state index is 11.7. The third kappa shape index (κ3) is 8.79. The molecular weight excluding hydrogens is 515 g/mol. The van der Waals surface area contributed by atoms with Gasteiger partial charge >= 0.3 is 0 Å². The third-order valence-corrected chi connectivity index (χ3v) is 4.59. The number of halogens is 2. The monoisotopic (exact) mass is 544 g/mol. The summed E-state index contributed by atoms with van der Waals surface area (Å²) < 4.78 is 5.79. The Labute approximate surface area is 200 Å². The van der Waals surface area contributed by atoms with Crippen molar-refractivity contribution in [2.75, 3.05) is 33.8 Å². The summed E-state index contributed by atoms with van der Waals surface area (Å²) in [6.45, 7) is 4.06. The third-order valence-electron chi connectivity index (χ3n) is 4.35. The van der Waals surface area contributed by atoms with Crippen LogP contribution in [0.5, 0.6) is 5.75 Å². The Balaban J connectivity index is 0.00000450. The van der Waals surface area contributed by atoms with Gasteiger partial charge in [0.25, 0.3) is 5.91 Å². The van der Waals surface area contributed by atoms with Crippen LogP contribution in [0.4, 0.5) is 0 Å². The minimum atomic E-state index is -0.0756. The van der Waals surface area contributed by atoms with Crippen LogP contribution in [0.15, 0.2) is 47.5 Å². The van der Waals surface area contributed by atoms with E-state index in [1.807, 2.05) is 49.4 Å². The Bertz CT molecular complexity index is 846. The van der Waals surface area contributed by atoms with E-state index in [9.17, 15) is 4.79 Å². The predicted molar refractivity (Wildman–Crippen MR) is 135 cm³/mol. The summed E-state index contributed by atoms with van der Waals surface area (Å²) in [7, 11) is 3.38. The summed E-state index contributed by atoms with van der Waals surface area (Å²) in [5.74, 6) is 1.53. The molecule has 3 N–H and O–H groups in total. The van der Waals surface area contributed by atoms with Gasteiger partial charge in [-0.3, -0.25) is 9.79 Å². The van der Waals surface area contributed by atoms with E-state index in [0.29, 0.717) is 17.2 Å². The largest absolute Gasteiger partial charge is 0.493 e. The molecule has 0 unspecified atom stereocenters. The molecule has 2 rings (SSSR count). The van der Waals surface area contributed by atoms with E-state index >= 15 is 0 Å². The molecule has 0 aliphatic rings. The summed E-state index contributed by atoms with van der Waals surface area (Å²) in [5.41, 5.74) is 2.80. The number of benzene rings is 2. The molecule has 2 aromatic carbocycles. The van der Waals surface area contributed by atoms with Crippen LogP contribution < -0.4 is 20.7 Å². The molecule has 8 heteroatoms. The predicted octanol–water partition coefficient (Wildman–Crippen LogP) is 3.80. The molecule has 2 aromatic rings. The summed E-state index contributed by atoms with van der Waals surface area (Å²) >= 11 is 5.96. The van der Waals surface area contributed by atoms with Gasteiger partial charge in [-0.2, -0.15) is 0 Å². The van der Waals surface area contributed by atoms with Crippen LogP contribution >= 0.6 is 35.6 Å². The number of guanidine groups is 1. The molecule has 0 saturated carbocycles. The lowest BCUT2D eigenvalue weighted by molar-refractivity contribution is 0.0963. The molecule has 0 saturated heterocycles. The molecular formula is C22H30ClIN4O2. The first kappa shape index (κ1) is 26.0. The Hall–Kier alpha value is -2.00. The van der Waals surface area contributed by atoms with Crippen molar-refractivity contribution in [2.45, 2.75) is 19.8 Å². The quantitative estimate of drug-likeness (QED) is 0.194. The number of nitrogens with zero attached hydrogens (tertiary/aromatic N) is 1. The number of ether oxygens (including phenoxy) is 1. The van der Waals surface area contributed by atoms with E-state index in [4.69, 9.17) is 16.3 Å². The second kappa shape index (κ2) is 14.1.